The van der Waals surface area contributed by atoms with Crippen molar-refractivity contribution in [3.63, 3.8) is 0 Å². The SMILES string of the molecule is CCc1ccc([C@H](c2nnnn2-c2c(C)cccc2C)N2CCN(CC=Cc3ccccc3)CC2)cc1. The largest absolute Gasteiger partial charge is 0.297 e. The predicted molar refractivity (Wildman–Crippen MR) is 150 cm³/mol. The quantitative estimate of drug-likeness (QED) is 0.336. The maximum absolute atomic E-state index is 4.61. The van der Waals surface area contributed by atoms with Gasteiger partial charge in [0.15, 0.2) is 5.82 Å². The highest BCUT2D eigenvalue weighted by atomic mass is 15.6. The second-order valence-electron chi connectivity index (χ2n) is 9.84. The standard InChI is InChI=1S/C31H36N6/c1-4-26-15-17-28(18-16-26)30(31-32-33-34-37(31)29-24(2)10-8-11-25(29)3)36-22-20-35(21-23-36)19-9-14-27-12-6-5-7-13-27/h5-18,30H,4,19-23H2,1-3H3/t30-/m1/s1. The Labute approximate surface area is 220 Å². The van der Waals surface area contributed by atoms with Gasteiger partial charge in [-0.1, -0.05) is 91.9 Å². The van der Waals surface area contributed by atoms with Crippen LogP contribution in [0.5, 0.6) is 0 Å². The zero-order chi connectivity index (χ0) is 25.6. The lowest BCUT2D eigenvalue weighted by molar-refractivity contribution is 0.113. The molecular formula is C31H36N6. The molecule has 2 heterocycles. The molecular weight excluding hydrogens is 456 g/mol. The van der Waals surface area contributed by atoms with Crippen molar-refractivity contribution in [2.75, 3.05) is 32.7 Å². The molecule has 6 nitrogen and oxygen atoms in total. The summed E-state index contributed by atoms with van der Waals surface area (Å²) in [6.07, 6.45) is 5.51. The molecule has 0 radical (unpaired) electrons. The van der Waals surface area contributed by atoms with Crippen molar-refractivity contribution in [3.8, 4) is 5.69 Å². The Morgan fingerprint density at radius 2 is 1.54 bits per heavy atom. The average molecular weight is 493 g/mol. The first-order valence-corrected chi connectivity index (χ1v) is 13.3. The van der Waals surface area contributed by atoms with E-state index in [0.29, 0.717) is 0 Å². The Hall–Kier alpha value is -3.61. The van der Waals surface area contributed by atoms with Crippen molar-refractivity contribution in [2.45, 2.75) is 33.2 Å². The average Bonchev–Trinajstić information content (AvgIpc) is 3.39. The highest BCUT2D eigenvalue weighted by molar-refractivity contribution is 5.49. The number of aryl methyl sites for hydroxylation is 3. The molecule has 190 valence electrons. The molecule has 1 aromatic heterocycles. The van der Waals surface area contributed by atoms with E-state index in [1.807, 2.05) is 4.68 Å². The van der Waals surface area contributed by atoms with E-state index in [9.17, 15) is 0 Å². The molecule has 0 spiro atoms. The van der Waals surface area contributed by atoms with Crippen LogP contribution in [-0.4, -0.2) is 62.7 Å². The number of aromatic nitrogens is 4. The van der Waals surface area contributed by atoms with Gasteiger partial charge >= 0.3 is 0 Å². The maximum atomic E-state index is 4.61. The van der Waals surface area contributed by atoms with Gasteiger partial charge in [-0.15, -0.1) is 5.10 Å². The van der Waals surface area contributed by atoms with E-state index < -0.39 is 0 Å². The Bertz CT molecular complexity index is 1300. The highest BCUT2D eigenvalue weighted by Crippen LogP contribution is 2.31. The fourth-order valence-corrected chi connectivity index (χ4v) is 5.23. The molecule has 0 amide bonds. The number of benzene rings is 3. The third-order valence-electron chi connectivity index (χ3n) is 7.34. The van der Waals surface area contributed by atoms with E-state index in [2.05, 4.69) is 131 Å². The minimum Gasteiger partial charge on any atom is -0.297 e. The Balaban J connectivity index is 1.39. The van der Waals surface area contributed by atoms with Gasteiger partial charge in [0.25, 0.3) is 0 Å². The van der Waals surface area contributed by atoms with Crippen LogP contribution in [0, 0.1) is 13.8 Å². The van der Waals surface area contributed by atoms with E-state index in [1.54, 1.807) is 0 Å². The Kier molecular flexibility index (Phi) is 7.87. The number of nitrogens with zero attached hydrogens (tertiary/aromatic N) is 6. The van der Waals surface area contributed by atoms with Crippen molar-refractivity contribution in [1.82, 2.24) is 30.0 Å². The summed E-state index contributed by atoms with van der Waals surface area (Å²) in [5, 5.41) is 13.2. The molecule has 0 bridgehead atoms. The van der Waals surface area contributed by atoms with Gasteiger partial charge in [-0.3, -0.25) is 9.80 Å². The van der Waals surface area contributed by atoms with E-state index in [0.717, 1.165) is 50.7 Å². The molecule has 3 aromatic carbocycles. The van der Waals surface area contributed by atoms with E-state index >= 15 is 0 Å². The van der Waals surface area contributed by atoms with Crippen LogP contribution < -0.4 is 0 Å². The minimum atomic E-state index is -0.0121. The molecule has 0 aliphatic carbocycles. The number of piperazine rings is 1. The summed E-state index contributed by atoms with van der Waals surface area (Å²) >= 11 is 0. The van der Waals surface area contributed by atoms with Gasteiger partial charge in [0, 0.05) is 32.7 Å². The van der Waals surface area contributed by atoms with Crippen LogP contribution in [0.2, 0.25) is 0 Å². The molecule has 37 heavy (non-hydrogen) atoms. The third-order valence-corrected chi connectivity index (χ3v) is 7.34. The molecule has 6 heteroatoms. The van der Waals surface area contributed by atoms with Crippen LogP contribution in [-0.2, 0) is 6.42 Å². The molecule has 4 aromatic rings. The van der Waals surface area contributed by atoms with Crippen molar-refractivity contribution >= 4 is 6.08 Å². The van der Waals surface area contributed by atoms with Crippen molar-refractivity contribution in [1.29, 1.82) is 0 Å². The molecule has 1 atom stereocenters. The summed E-state index contributed by atoms with van der Waals surface area (Å²) in [5.41, 5.74) is 7.23. The van der Waals surface area contributed by atoms with Gasteiger partial charge in [-0.05, 0) is 58.5 Å². The maximum Gasteiger partial charge on any atom is 0.178 e. The molecule has 1 aliphatic rings. The second kappa shape index (κ2) is 11.6. The zero-order valence-electron chi connectivity index (χ0n) is 22.1. The molecule has 1 saturated heterocycles. The first-order chi connectivity index (χ1) is 18.1. The Morgan fingerprint density at radius 3 is 2.22 bits per heavy atom. The van der Waals surface area contributed by atoms with E-state index in [1.165, 1.54) is 27.8 Å². The van der Waals surface area contributed by atoms with Gasteiger partial charge < -0.3 is 0 Å². The van der Waals surface area contributed by atoms with Gasteiger partial charge in [-0.2, -0.15) is 4.68 Å². The van der Waals surface area contributed by atoms with Crippen molar-refractivity contribution in [3.05, 3.63) is 113 Å². The number of hydrogen-bond acceptors (Lipinski definition) is 5. The van der Waals surface area contributed by atoms with Crippen LogP contribution in [0.15, 0.2) is 78.9 Å². The summed E-state index contributed by atoms with van der Waals surface area (Å²) in [7, 11) is 0. The first-order valence-electron chi connectivity index (χ1n) is 13.3. The summed E-state index contributed by atoms with van der Waals surface area (Å²) in [6, 6.07) is 25.8. The number of tetrazole rings is 1. The van der Waals surface area contributed by atoms with E-state index in [4.69, 9.17) is 0 Å². The summed E-state index contributed by atoms with van der Waals surface area (Å²) in [6.45, 7) is 11.3. The van der Waals surface area contributed by atoms with Crippen LogP contribution in [0.3, 0.4) is 0 Å². The van der Waals surface area contributed by atoms with Crippen molar-refractivity contribution in [2.24, 2.45) is 0 Å². The molecule has 1 aliphatic heterocycles. The zero-order valence-corrected chi connectivity index (χ0v) is 22.1. The lowest BCUT2D eigenvalue weighted by Gasteiger charge is -2.38. The molecule has 0 N–H and O–H groups in total. The fourth-order valence-electron chi connectivity index (χ4n) is 5.23. The smallest absolute Gasteiger partial charge is 0.178 e. The summed E-state index contributed by atoms with van der Waals surface area (Å²) < 4.78 is 1.96. The molecule has 0 unspecified atom stereocenters. The van der Waals surface area contributed by atoms with Crippen LogP contribution in [0.1, 0.15) is 46.6 Å². The topological polar surface area (TPSA) is 50.1 Å². The molecule has 1 fully saturated rings. The monoisotopic (exact) mass is 492 g/mol. The predicted octanol–water partition coefficient (Wildman–Crippen LogP) is 5.26. The number of hydrogen-bond donors (Lipinski definition) is 0. The fraction of sp³-hybridized carbons (Fsp3) is 0.323. The van der Waals surface area contributed by atoms with Crippen LogP contribution in [0.4, 0.5) is 0 Å². The lowest BCUT2D eigenvalue weighted by Crippen LogP contribution is -2.48. The first kappa shape index (κ1) is 25.1. The summed E-state index contributed by atoms with van der Waals surface area (Å²) in [4.78, 5) is 5.05. The van der Waals surface area contributed by atoms with Crippen molar-refractivity contribution < 1.29 is 0 Å². The molecule has 5 rings (SSSR count). The van der Waals surface area contributed by atoms with Crippen LogP contribution in [0.25, 0.3) is 11.8 Å². The summed E-state index contributed by atoms with van der Waals surface area (Å²) in [5.74, 6) is 0.874. The highest BCUT2D eigenvalue weighted by Gasteiger charge is 2.31. The second-order valence-corrected chi connectivity index (χ2v) is 9.84. The van der Waals surface area contributed by atoms with Gasteiger partial charge in [-0.25, -0.2) is 0 Å². The third kappa shape index (κ3) is 5.71. The number of rotatable bonds is 8. The number of para-hydroxylation sites is 1. The van der Waals surface area contributed by atoms with Crippen LogP contribution >= 0.6 is 0 Å². The van der Waals surface area contributed by atoms with Gasteiger partial charge in [0.1, 0.15) is 0 Å². The minimum absolute atomic E-state index is 0.0121. The van der Waals surface area contributed by atoms with Gasteiger partial charge in [0.05, 0.1) is 11.7 Å². The van der Waals surface area contributed by atoms with E-state index in [-0.39, 0.29) is 6.04 Å². The molecule has 0 saturated carbocycles. The Morgan fingerprint density at radius 1 is 0.838 bits per heavy atom. The normalized spacial score (nSPS) is 15.9. The lowest BCUT2D eigenvalue weighted by atomic mass is 10.0. The van der Waals surface area contributed by atoms with Gasteiger partial charge in [0.2, 0.25) is 0 Å².